The van der Waals surface area contributed by atoms with Gasteiger partial charge in [0.15, 0.2) is 6.73 Å². The van der Waals surface area contributed by atoms with Crippen molar-refractivity contribution in [2.45, 2.75) is 0 Å². The molecule has 0 aromatic carbocycles. The molecule has 0 amide bonds. The minimum atomic E-state index is -0.0309. The molecule has 3 nitrogen and oxygen atoms in total. The highest BCUT2D eigenvalue weighted by Crippen LogP contribution is 2.16. The fourth-order valence-electron chi connectivity index (χ4n) is 0.0730. The molecule has 0 aliphatic carbocycles. The van der Waals surface area contributed by atoms with Gasteiger partial charge in [0, 0.05) is 0 Å². The monoisotopic (exact) mass is 91.0 g/mol. The zero-order valence-corrected chi connectivity index (χ0v) is 3.31. The topological polar surface area (TPSA) is 32.6 Å². The lowest BCUT2D eigenvalue weighted by molar-refractivity contribution is 0.304. The molecule has 1 unspecified atom stereocenters. The van der Waals surface area contributed by atoms with Gasteiger partial charge in [-0.05, 0) is 0 Å². The highest BCUT2D eigenvalue weighted by atomic mass is 31.1. The first kappa shape index (κ1) is 3.22. The van der Waals surface area contributed by atoms with E-state index >= 15 is 0 Å². The van der Waals surface area contributed by atoms with Crippen molar-refractivity contribution in [1.29, 1.82) is 0 Å². The Morgan fingerprint density at radius 1 is 2.00 bits per heavy atom. The summed E-state index contributed by atoms with van der Waals surface area (Å²) in [7, 11) is -0.0309. The first-order chi connectivity index (χ1) is 2.43. The van der Waals surface area contributed by atoms with Gasteiger partial charge in [0.1, 0.15) is 0 Å². The molecule has 0 aromatic heterocycles. The van der Waals surface area contributed by atoms with Gasteiger partial charge in [-0.1, -0.05) is 4.83 Å². The van der Waals surface area contributed by atoms with E-state index in [-0.39, 0.29) is 8.61 Å². The van der Waals surface area contributed by atoms with Gasteiger partial charge in [-0.3, -0.25) is 9.40 Å². The van der Waals surface area contributed by atoms with Crippen LogP contribution in [-0.2, 0) is 9.40 Å². The van der Waals surface area contributed by atoms with Crippen LogP contribution in [0.3, 0.4) is 0 Å². The maximum absolute atomic E-state index is 9.47. The summed E-state index contributed by atoms with van der Waals surface area (Å²) in [5.74, 6) is 0. The molecule has 0 saturated carbocycles. The van der Waals surface area contributed by atoms with Crippen LogP contribution < -0.4 is 0 Å². The lowest BCUT2D eigenvalue weighted by Gasteiger charge is -1.57. The molecular formula is CH2NO2P. The molecule has 0 spiro atoms. The molecule has 1 aliphatic rings. The average molecular weight is 91.0 g/mol. The average Bonchev–Trinajstić information content (AvgIpc) is 2.12. The second kappa shape index (κ2) is 1.01. The third kappa shape index (κ3) is 0.651. The molecule has 0 radical (unpaired) electrons. The van der Waals surface area contributed by atoms with E-state index < -0.39 is 0 Å². The summed E-state index contributed by atoms with van der Waals surface area (Å²) in [6.45, 7) is 0.519. The number of nitrogens with zero attached hydrogens (tertiary/aromatic N) is 1. The van der Waals surface area contributed by atoms with Crippen molar-refractivity contribution in [3.63, 3.8) is 0 Å². The lowest BCUT2D eigenvalue weighted by atomic mass is 11.5. The molecule has 0 N–H and O–H groups in total. The minimum absolute atomic E-state index is 0.0309. The van der Waals surface area contributed by atoms with Crippen LogP contribution in [0, 0.1) is 0 Å². The predicted octanol–water partition coefficient (Wildman–Crippen LogP) is 0.398. The van der Waals surface area contributed by atoms with E-state index in [2.05, 4.69) is 4.84 Å². The van der Waals surface area contributed by atoms with Crippen LogP contribution in [0.4, 0.5) is 0 Å². The fourth-order valence-corrected chi connectivity index (χ4v) is 0.219. The fraction of sp³-hybridized carbons (Fsp3) is 1.00. The smallest absolute Gasteiger partial charge is 0.267 e. The molecule has 1 saturated heterocycles. The predicted molar refractivity (Wildman–Crippen MR) is 15.4 cm³/mol. The standard InChI is InChI=1S/CH2NO2P/c3-5-2-1-4-2/h1H2. The highest BCUT2D eigenvalue weighted by Gasteiger charge is 2.17. The first-order valence-corrected chi connectivity index (χ1v) is 1.94. The van der Waals surface area contributed by atoms with Crippen molar-refractivity contribution < 1.29 is 9.40 Å². The van der Waals surface area contributed by atoms with E-state index in [1.54, 1.807) is 0 Å². The Hall–Kier alpha value is 0.0200. The number of hydrogen-bond acceptors (Lipinski definition) is 2. The molecule has 4 heteroatoms. The highest BCUT2D eigenvalue weighted by molar-refractivity contribution is 7.20. The van der Waals surface area contributed by atoms with Gasteiger partial charge in [-0.15, -0.1) is 0 Å². The van der Waals surface area contributed by atoms with Crippen LogP contribution in [0.25, 0.3) is 0 Å². The van der Waals surface area contributed by atoms with E-state index in [4.69, 9.17) is 0 Å². The summed E-state index contributed by atoms with van der Waals surface area (Å²) < 4.78 is 9.47. The van der Waals surface area contributed by atoms with Crippen molar-refractivity contribution in [1.82, 2.24) is 4.83 Å². The van der Waals surface area contributed by atoms with Crippen LogP contribution in [-0.4, -0.2) is 11.6 Å². The SMILES string of the molecule is O=PN1CO1. The van der Waals surface area contributed by atoms with Gasteiger partial charge in [0.05, 0.1) is 0 Å². The summed E-state index contributed by atoms with van der Waals surface area (Å²) in [5.41, 5.74) is 0. The van der Waals surface area contributed by atoms with Crippen LogP contribution >= 0.6 is 8.61 Å². The van der Waals surface area contributed by atoms with Gasteiger partial charge >= 0.3 is 0 Å². The Labute approximate surface area is 30.7 Å². The maximum atomic E-state index is 9.47. The third-order valence-corrected chi connectivity index (χ3v) is 0.749. The van der Waals surface area contributed by atoms with Gasteiger partial charge < -0.3 is 0 Å². The second-order valence-corrected chi connectivity index (χ2v) is 1.30. The van der Waals surface area contributed by atoms with Gasteiger partial charge in [0.2, 0.25) is 0 Å². The molecule has 0 bridgehead atoms. The Morgan fingerprint density at radius 2 is 2.60 bits per heavy atom. The first-order valence-electron chi connectivity index (χ1n) is 1.17. The van der Waals surface area contributed by atoms with Crippen molar-refractivity contribution in [2.75, 3.05) is 6.73 Å². The van der Waals surface area contributed by atoms with Crippen molar-refractivity contribution in [3.05, 3.63) is 0 Å². The minimum Gasteiger partial charge on any atom is -0.267 e. The van der Waals surface area contributed by atoms with Crippen molar-refractivity contribution in [3.8, 4) is 0 Å². The molecule has 5 heavy (non-hydrogen) atoms. The van der Waals surface area contributed by atoms with Gasteiger partial charge in [0.25, 0.3) is 8.61 Å². The second-order valence-electron chi connectivity index (χ2n) is 0.692. The van der Waals surface area contributed by atoms with E-state index in [1.165, 1.54) is 4.83 Å². The number of hydroxylamine groups is 1. The molecular weight excluding hydrogens is 89.0 g/mol. The van der Waals surface area contributed by atoms with Crippen LogP contribution in [0.2, 0.25) is 0 Å². The number of rotatable bonds is 1. The number of hydrogen-bond donors (Lipinski definition) is 0. The largest absolute Gasteiger partial charge is 0.277 e. The molecule has 1 atom stereocenters. The van der Waals surface area contributed by atoms with Crippen molar-refractivity contribution >= 4 is 8.61 Å². The van der Waals surface area contributed by atoms with Crippen molar-refractivity contribution in [2.24, 2.45) is 0 Å². The molecule has 1 fully saturated rings. The Kier molecular flexibility index (Phi) is 0.651. The summed E-state index contributed by atoms with van der Waals surface area (Å²) in [5, 5.41) is 0. The molecule has 1 heterocycles. The zero-order chi connectivity index (χ0) is 3.70. The Bertz CT molecular complexity index is 51.6. The Balaban J connectivity index is 2.21. The molecule has 0 aromatic rings. The van der Waals surface area contributed by atoms with E-state index in [9.17, 15) is 4.57 Å². The zero-order valence-electron chi connectivity index (χ0n) is 2.42. The van der Waals surface area contributed by atoms with Crippen LogP contribution in [0.15, 0.2) is 0 Å². The normalized spacial score (nSPS) is 34.8. The van der Waals surface area contributed by atoms with Crippen LogP contribution in [0.5, 0.6) is 0 Å². The lowest BCUT2D eigenvalue weighted by Crippen LogP contribution is -1.60. The van der Waals surface area contributed by atoms with E-state index in [0.29, 0.717) is 6.73 Å². The Morgan fingerprint density at radius 3 is 2.60 bits per heavy atom. The maximum Gasteiger partial charge on any atom is 0.277 e. The summed E-state index contributed by atoms with van der Waals surface area (Å²) in [4.78, 5) is 5.66. The van der Waals surface area contributed by atoms with Crippen LogP contribution in [0.1, 0.15) is 0 Å². The quantitative estimate of drug-likeness (QED) is 0.346. The molecule has 1 aliphatic heterocycles. The van der Waals surface area contributed by atoms with Gasteiger partial charge in [-0.2, -0.15) is 0 Å². The summed E-state index contributed by atoms with van der Waals surface area (Å²) >= 11 is 0. The van der Waals surface area contributed by atoms with E-state index in [1.807, 2.05) is 0 Å². The molecule has 1 rings (SSSR count). The third-order valence-electron chi connectivity index (χ3n) is 0.336. The van der Waals surface area contributed by atoms with Gasteiger partial charge in [-0.25, -0.2) is 0 Å². The molecule has 28 valence electrons. The summed E-state index contributed by atoms with van der Waals surface area (Å²) in [6.07, 6.45) is 0. The van der Waals surface area contributed by atoms with E-state index in [0.717, 1.165) is 0 Å². The summed E-state index contributed by atoms with van der Waals surface area (Å²) in [6, 6.07) is 0.